The summed E-state index contributed by atoms with van der Waals surface area (Å²) in [4.78, 5) is 14.0. The first-order chi connectivity index (χ1) is 8.10. The minimum atomic E-state index is -0.123. The SMILES string of the molecule is CCOC1CCN(C(C(=O)NN)C(C)C)CC1. The van der Waals surface area contributed by atoms with Gasteiger partial charge in [-0.25, -0.2) is 5.84 Å². The molecule has 0 aromatic heterocycles. The van der Waals surface area contributed by atoms with E-state index in [1.54, 1.807) is 0 Å². The largest absolute Gasteiger partial charge is 0.378 e. The van der Waals surface area contributed by atoms with Crippen LogP contribution in [0.25, 0.3) is 0 Å². The molecule has 1 aliphatic heterocycles. The molecule has 5 heteroatoms. The Morgan fingerprint density at radius 3 is 2.47 bits per heavy atom. The van der Waals surface area contributed by atoms with Crippen LogP contribution in [0.15, 0.2) is 0 Å². The van der Waals surface area contributed by atoms with Gasteiger partial charge >= 0.3 is 0 Å². The standard InChI is InChI=1S/C12H25N3O2/c1-4-17-10-5-7-15(8-6-10)11(9(2)3)12(16)14-13/h9-11H,4-8,13H2,1-3H3,(H,14,16). The van der Waals surface area contributed by atoms with Crippen molar-refractivity contribution in [1.29, 1.82) is 0 Å². The molecule has 1 atom stereocenters. The Morgan fingerprint density at radius 1 is 1.47 bits per heavy atom. The van der Waals surface area contributed by atoms with Crippen molar-refractivity contribution in [2.24, 2.45) is 11.8 Å². The minimum Gasteiger partial charge on any atom is -0.378 e. The van der Waals surface area contributed by atoms with Gasteiger partial charge < -0.3 is 4.74 Å². The van der Waals surface area contributed by atoms with Crippen molar-refractivity contribution in [3.63, 3.8) is 0 Å². The van der Waals surface area contributed by atoms with E-state index in [9.17, 15) is 4.79 Å². The molecular formula is C12H25N3O2. The van der Waals surface area contributed by atoms with Crippen molar-refractivity contribution in [2.45, 2.75) is 45.8 Å². The zero-order chi connectivity index (χ0) is 12.8. The number of amides is 1. The molecule has 0 saturated carbocycles. The summed E-state index contributed by atoms with van der Waals surface area (Å²) in [6, 6.07) is -0.123. The van der Waals surface area contributed by atoms with Gasteiger partial charge in [0.2, 0.25) is 0 Å². The third-order valence-electron chi connectivity index (χ3n) is 3.31. The third kappa shape index (κ3) is 3.94. The fourth-order valence-corrected chi connectivity index (χ4v) is 2.53. The number of carbonyl (C=O) groups is 1. The lowest BCUT2D eigenvalue weighted by Crippen LogP contribution is -2.54. The molecule has 0 radical (unpaired) electrons. The molecule has 1 unspecified atom stereocenters. The second kappa shape index (κ2) is 6.93. The van der Waals surface area contributed by atoms with Crippen LogP contribution in [0.4, 0.5) is 0 Å². The maximum atomic E-state index is 11.8. The van der Waals surface area contributed by atoms with Gasteiger partial charge in [-0.15, -0.1) is 0 Å². The molecule has 1 aliphatic rings. The molecule has 17 heavy (non-hydrogen) atoms. The Balaban J connectivity index is 2.52. The lowest BCUT2D eigenvalue weighted by Gasteiger charge is -2.38. The summed E-state index contributed by atoms with van der Waals surface area (Å²) in [6.07, 6.45) is 2.34. The number of nitrogens with two attached hydrogens (primary N) is 1. The fourth-order valence-electron chi connectivity index (χ4n) is 2.53. The molecular weight excluding hydrogens is 218 g/mol. The van der Waals surface area contributed by atoms with E-state index in [0.717, 1.165) is 32.5 Å². The Labute approximate surface area is 104 Å². The van der Waals surface area contributed by atoms with Gasteiger partial charge in [-0.05, 0) is 25.7 Å². The minimum absolute atomic E-state index is 0.0881. The van der Waals surface area contributed by atoms with E-state index in [4.69, 9.17) is 10.6 Å². The van der Waals surface area contributed by atoms with Gasteiger partial charge in [-0.2, -0.15) is 0 Å². The molecule has 1 saturated heterocycles. The number of likely N-dealkylation sites (tertiary alicyclic amines) is 1. The predicted octanol–water partition coefficient (Wildman–Crippen LogP) is 0.502. The number of hydrazine groups is 1. The van der Waals surface area contributed by atoms with E-state index in [1.165, 1.54) is 0 Å². The number of nitrogens with one attached hydrogen (secondary N) is 1. The highest BCUT2D eigenvalue weighted by atomic mass is 16.5. The molecule has 0 bridgehead atoms. The summed E-state index contributed by atoms with van der Waals surface area (Å²) in [5, 5.41) is 0. The molecule has 5 nitrogen and oxygen atoms in total. The van der Waals surface area contributed by atoms with E-state index >= 15 is 0 Å². The normalized spacial score (nSPS) is 20.5. The lowest BCUT2D eigenvalue weighted by atomic mass is 9.98. The summed E-state index contributed by atoms with van der Waals surface area (Å²) in [5.41, 5.74) is 2.27. The molecule has 0 spiro atoms. The number of nitrogens with zero attached hydrogens (tertiary/aromatic N) is 1. The van der Waals surface area contributed by atoms with Gasteiger partial charge in [0, 0.05) is 19.7 Å². The predicted molar refractivity (Wildman–Crippen MR) is 67.2 cm³/mol. The van der Waals surface area contributed by atoms with Crippen LogP contribution in [-0.4, -0.2) is 42.6 Å². The second-order valence-electron chi connectivity index (χ2n) is 4.89. The quantitative estimate of drug-likeness (QED) is 0.419. The first-order valence-electron chi connectivity index (χ1n) is 6.46. The van der Waals surface area contributed by atoms with Crippen molar-refractivity contribution < 1.29 is 9.53 Å². The van der Waals surface area contributed by atoms with E-state index in [1.807, 2.05) is 6.92 Å². The Kier molecular flexibility index (Phi) is 5.88. The van der Waals surface area contributed by atoms with Crippen LogP contribution in [0, 0.1) is 5.92 Å². The van der Waals surface area contributed by atoms with Crippen molar-refractivity contribution in [3.05, 3.63) is 0 Å². The van der Waals surface area contributed by atoms with Crippen molar-refractivity contribution in [3.8, 4) is 0 Å². The first kappa shape index (κ1) is 14.4. The van der Waals surface area contributed by atoms with E-state index < -0.39 is 0 Å². The van der Waals surface area contributed by atoms with Gasteiger partial charge in [0.15, 0.2) is 0 Å². The number of hydrogen-bond acceptors (Lipinski definition) is 4. The van der Waals surface area contributed by atoms with Crippen LogP contribution in [0.2, 0.25) is 0 Å². The molecule has 0 aliphatic carbocycles. The molecule has 1 amide bonds. The van der Waals surface area contributed by atoms with Crippen LogP contribution in [-0.2, 0) is 9.53 Å². The van der Waals surface area contributed by atoms with Crippen LogP contribution >= 0.6 is 0 Å². The monoisotopic (exact) mass is 243 g/mol. The lowest BCUT2D eigenvalue weighted by molar-refractivity contribution is -0.129. The zero-order valence-corrected chi connectivity index (χ0v) is 11.1. The first-order valence-corrected chi connectivity index (χ1v) is 6.46. The van der Waals surface area contributed by atoms with Crippen LogP contribution in [0.1, 0.15) is 33.6 Å². The molecule has 1 heterocycles. The number of piperidine rings is 1. The van der Waals surface area contributed by atoms with Crippen LogP contribution < -0.4 is 11.3 Å². The van der Waals surface area contributed by atoms with Crippen molar-refractivity contribution in [1.82, 2.24) is 10.3 Å². The van der Waals surface area contributed by atoms with E-state index in [0.29, 0.717) is 6.10 Å². The average Bonchev–Trinajstić information content (AvgIpc) is 2.31. The number of hydrogen-bond donors (Lipinski definition) is 2. The Morgan fingerprint density at radius 2 is 2.06 bits per heavy atom. The summed E-state index contributed by atoms with van der Waals surface area (Å²) in [6.45, 7) is 8.69. The van der Waals surface area contributed by atoms with Gasteiger partial charge in [0.05, 0.1) is 12.1 Å². The maximum absolute atomic E-state index is 11.8. The van der Waals surface area contributed by atoms with E-state index in [-0.39, 0.29) is 17.9 Å². The van der Waals surface area contributed by atoms with Crippen molar-refractivity contribution in [2.75, 3.05) is 19.7 Å². The molecule has 1 rings (SSSR count). The van der Waals surface area contributed by atoms with Crippen LogP contribution in [0.5, 0.6) is 0 Å². The summed E-state index contributed by atoms with van der Waals surface area (Å²) >= 11 is 0. The highest BCUT2D eigenvalue weighted by Crippen LogP contribution is 2.19. The fraction of sp³-hybridized carbons (Fsp3) is 0.917. The zero-order valence-electron chi connectivity index (χ0n) is 11.1. The molecule has 0 aromatic rings. The molecule has 100 valence electrons. The molecule has 0 aromatic carbocycles. The number of carbonyl (C=O) groups excluding carboxylic acids is 1. The second-order valence-corrected chi connectivity index (χ2v) is 4.89. The summed E-state index contributed by atoms with van der Waals surface area (Å²) in [5.74, 6) is 5.42. The third-order valence-corrected chi connectivity index (χ3v) is 3.31. The average molecular weight is 243 g/mol. The number of ether oxygens (including phenoxy) is 1. The van der Waals surface area contributed by atoms with Gasteiger partial charge in [-0.1, -0.05) is 13.8 Å². The molecule has 3 N–H and O–H groups in total. The Hall–Kier alpha value is -0.650. The highest BCUT2D eigenvalue weighted by Gasteiger charge is 2.31. The smallest absolute Gasteiger partial charge is 0.251 e. The van der Waals surface area contributed by atoms with Gasteiger partial charge in [-0.3, -0.25) is 15.1 Å². The Bertz CT molecular complexity index is 238. The summed E-state index contributed by atoms with van der Waals surface area (Å²) in [7, 11) is 0. The number of rotatable bonds is 5. The molecule has 1 fully saturated rings. The topological polar surface area (TPSA) is 67.6 Å². The summed E-state index contributed by atoms with van der Waals surface area (Å²) < 4.78 is 5.61. The van der Waals surface area contributed by atoms with Crippen LogP contribution in [0.3, 0.4) is 0 Å². The van der Waals surface area contributed by atoms with E-state index in [2.05, 4.69) is 24.2 Å². The van der Waals surface area contributed by atoms with Gasteiger partial charge in [0.25, 0.3) is 5.91 Å². The van der Waals surface area contributed by atoms with Gasteiger partial charge in [0.1, 0.15) is 0 Å². The highest BCUT2D eigenvalue weighted by molar-refractivity contribution is 5.81. The maximum Gasteiger partial charge on any atom is 0.251 e. The van der Waals surface area contributed by atoms with Crippen molar-refractivity contribution >= 4 is 5.91 Å².